The molecule has 0 aliphatic carbocycles. The van der Waals surface area contributed by atoms with Crippen LogP contribution in [0.2, 0.25) is 0 Å². The average Bonchev–Trinajstić information content (AvgIpc) is 2.01. The van der Waals surface area contributed by atoms with Crippen LogP contribution >= 0.6 is 0 Å². The Morgan fingerprint density at radius 1 is 1.36 bits per heavy atom. The van der Waals surface area contributed by atoms with Gasteiger partial charge in [-0.25, -0.2) is 8.42 Å². The zero-order chi connectivity index (χ0) is 10.5. The van der Waals surface area contributed by atoms with Gasteiger partial charge in [-0.2, -0.15) is 0 Å². The Labute approximate surface area is 129 Å². The molecule has 0 radical (unpaired) electrons. The summed E-state index contributed by atoms with van der Waals surface area (Å²) in [5.41, 5.74) is 0. The van der Waals surface area contributed by atoms with E-state index in [4.69, 9.17) is 0 Å². The van der Waals surface area contributed by atoms with Crippen LogP contribution in [0.4, 0.5) is 0 Å². The summed E-state index contributed by atoms with van der Waals surface area (Å²) in [7, 11) is -4.24. The fourth-order valence-corrected chi connectivity index (χ4v) is 2.15. The van der Waals surface area contributed by atoms with Gasteiger partial charge in [0.25, 0.3) is 0 Å². The predicted molar refractivity (Wildman–Crippen MR) is 49.3 cm³/mol. The van der Waals surface area contributed by atoms with Crippen LogP contribution in [0, 0.1) is 0 Å². The third kappa shape index (κ3) is 7.75. The predicted octanol–water partition coefficient (Wildman–Crippen LogP) is -2.13. The molecule has 0 amide bonds. The molecule has 0 heterocycles. The van der Waals surface area contributed by atoms with Gasteiger partial charge in [-0.1, -0.05) is 20.3 Å². The van der Waals surface area contributed by atoms with Crippen molar-refractivity contribution in [2.75, 3.05) is 0 Å². The van der Waals surface area contributed by atoms with Gasteiger partial charge < -0.3 is 9.66 Å². The maximum absolute atomic E-state index is 10.7. The molecule has 1 N–H and O–H groups in total. The molecule has 2 unspecified atom stereocenters. The normalized spacial score (nSPS) is 15.7. The second-order valence-corrected chi connectivity index (χ2v) is 4.85. The van der Waals surface area contributed by atoms with Crippen LogP contribution in [0.1, 0.15) is 39.5 Å². The molecule has 0 aromatic carbocycles. The van der Waals surface area contributed by atoms with Crippen LogP contribution in [0.3, 0.4) is 0 Å². The minimum absolute atomic E-state index is 0. The minimum Gasteiger partial charge on any atom is -0.748 e. The molecule has 0 aromatic rings. The first kappa shape index (κ1) is 17.9. The number of hydrogen-bond acceptors (Lipinski definition) is 4. The van der Waals surface area contributed by atoms with Crippen molar-refractivity contribution in [3.8, 4) is 0 Å². The van der Waals surface area contributed by atoms with Crippen LogP contribution in [0.5, 0.6) is 0 Å². The van der Waals surface area contributed by atoms with Gasteiger partial charge in [0.1, 0.15) is 0 Å². The van der Waals surface area contributed by atoms with Crippen molar-refractivity contribution in [2.24, 2.45) is 0 Å². The Morgan fingerprint density at radius 2 is 1.86 bits per heavy atom. The maximum atomic E-state index is 10.7. The van der Waals surface area contributed by atoms with Gasteiger partial charge in [0.15, 0.2) is 0 Å². The fourth-order valence-electron chi connectivity index (χ4n) is 1.17. The van der Waals surface area contributed by atoms with E-state index in [9.17, 15) is 18.1 Å². The molecule has 0 fully saturated rings. The second kappa shape index (κ2) is 8.63. The van der Waals surface area contributed by atoms with Gasteiger partial charge in [0.05, 0.1) is 21.5 Å². The molecule has 6 heteroatoms. The quantitative estimate of drug-likeness (QED) is 0.430. The van der Waals surface area contributed by atoms with Crippen molar-refractivity contribution in [1.82, 2.24) is 0 Å². The molecule has 0 saturated heterocycles. The molecule has 2 atom stereocenters. The molecule has 4 nitrogen and oxygen atoms in total. The van der Waals surface area contributed by atoms with Gasteiger partial charge in [0, 0.05) is 0 Å². The van der Waals surface area contributed by atoms with Crippen molar-refractivity contribution in [3.63, 3.8) is 0 Å². The third-order valence-electron chi connectivity index (χ3n) is 2.03. The average molecular weight is 248 g/mol. The topological polar surface area (TPSA) is 77.4 Å². The van der Waals surface area contributed by atoms with Crippen LogP contribution in [0.25, 0.3) is 0 Å². The summed E-state index contributed by atoms with van der Waals surface area (Å²) in [5.74, 6) is 0. The van der Waals surface area contributed by atoms with Crippen molar-refractivity contribution in [2.45, 2.75) is 50.9 Å². The Kier molecular flexibility index (Phi) is 11.0. The van der Waals surface area contributed by atoms with E-state index in [1.54, 1.807) is 6.92 Å². The molecule has 0 rings (SSSR count). The fraction of sp³-hybridized carbons (Fsp3) is 1.00. The zero-order valence-corrected chi connectivity index (χ0v) is 13.0. The molecule has 80 valence electrons. The van der Waals surface area contributed by atoms with E-state index in [1.165, 1.54) is 0 Å². The summed E-state index contributed by atoms with van der Waals surface area (Å²) in [6, 6.07) is 0. The molecule has 0 saturated carbocycles. The van der Waals surface area contributed by atoms with Crippen LogP contribution < -0.4 is 51.4 Å². The van der Waals surface area contributed by atoms with Crippen LogP contribution in [0.15, 0.2) is 0 Å². The monoisotopic (exact) mass is 248 g/mol. The minimum atomic E-state index is -4.24. The standard InChI is InChI=1S/C8H18O4S.K/c1-3-5-8(13(10,11)12)6-7(9)4-2;/h7-9H,3-6H2,1-2H3,(H,10,11,12);/q;+1/p-1. The summed E-state index contributed by atoms with van der Waals surface area (Å²) in [4.78, 5) is 0. The summed E-state index contributed by atoms with van der Waals surface area (Å²) < 4.78 is 32.1. The molecular weight excluding hydrogens is 231 g/mol. The first-order valence-corrected chi connectivity index (χ1v) is 6.01. The Hall–Kier alpha value is 1.51. The first-order valence-electron chi connectivity index (χ1n) is 4.54. The molecule has 0 spiro atoms. The number of aliphatic hydroxyl groups is 1. The summed E-state index contributed by atoms with van der Waals surface area (Å²) in [6.45, 7) is 3.57. The Bertz CT molecular complexity index is 227. The van der Waals surface area contributed by atoms with E-state index >= 15 is 0 Å². The van der Waals surface area contributed by atoms with Gasteiger partial charge in [-0.3, -0.25) is 0 Å². The summed E-state index contributed by atoms with van der Waals surface area (Å²) >= 11 is 0. The van der Waals surface area contributed by atoms with Gasteiger partial charge in [0.2, 0.25) is 0 Å². The molecular formula is C8H17KO4S. The second-order valence-electron chi connectivity index (χ2n) is 3.20. The van der Waals surface area contributed by atoms with Crippen LogP contribution in [-0.4, -0.2) is 29.4 Å². The van der Waals surface area contributed by atoms with Crippen molar-refractivity contribution < 1.29 is 69.5 Å². The van der Waals surface area contributed by atoms with Gasteiger partial charge in [-0.05, 0) is 19.3 Å². The molecule has 0 bridgehead atoms. The third-order valence-corrected chi connectivity index (χ3v) is 3.27. The van der Waals surface area contributed by atoms with Gasteiger partial charge in [-0.15, -0.1) is 0 Å². The molecule has 0 aromatic heterocycles. The Balaban J connectivity index is 0. The maximum Gasteiger partial charge on any atom is 1.00 e. The Morgan fingerprint density at radius 3 is 2.14 bits per heavy atom. The zero-order valence-electron chi connectivity index (χ0n) is 9.06. The largest absolute Gasteiger partial charge is 1.00 e. The van der Waals surface area contributed by atoms with Crippen LogP contribution in [-0.2, 0) is 10.1 Å². The van der Waals surface area contributed by atoms with E-state index < -0.39 is 21.5 Å². The molecule has 14 heavy (non-hydrogen) atoms. The number of aliphatic hydroxyl groups excluding tert-OH is 1. The summed E-state index contributed by atoms with van der Waals surface area (Å²) in [5, 5.41) is 8.29. The number of rotatable bonds is 6. The van der Waals surface area contributed by atoms with E-state index in [-0.39, 0.29) is 57.8 Å². The van der Waals surface area contributed by atoms with E-state index in [2.05, 4.69) is 0 Å². The van der Waals surface area contributed by atoms with Crippen molar-refractivity contribution >= 4 is 10.1 Å². The molecule has 0 aliphatic heterocycles. The first-order chi connectivity index (χ1) is 5.91. The van der Waals surface area contributed by atoms with E-state index in [0.717, 1.165) is 0 Å². The van der Waals surface area contributed by atoms with Crippen molar-refractivity contribution in [3.05, 3.63) is 0 Å². The number of hydrogen-bond donors (Lipinski definition) is 1. The smallest absolute Gasteiger partial charge is 0.748 e. The SMILES string of the molecule is CCCC(CC(O)CC)S(=O)(=O)[O-].[K+]. The molecule has 0 aliphatic rings. The van der Waals surface area contributed by atoms with E-state index in [1.807, 2.05) is 6.92 Å². The van der Waals surface area contributed by atoms with E-state index in [0.29, 0.717) is 19.3 Å². The van der Waals surface area contributed by atoms with Crippen molar-refractivity contribution in [1.29, 1.82) is 0 Å². The van der Waals surface area contributed by atoms with Gasteiger partial charge >= 0.3 is 51.4 Å². The summed E-state index contributed by atoms with van der Waals surface area (Å²) in [6.07, 6.45) is 0.845.